The maximum Gasteiger partial charge on any atom is 3.00 e. The van der Waals surface area contributed by atoms with E-state index in [0.717, 1.165) is 5.34 Å². The molecule has 0 unspecified atom stereocenters. The number of hydrogen-bond donors (Lipinski definition) is 0. The van der Waals surface area contributed by atoms with E-state index in [1.54, 1.807) is 0 Å². The molecule has 0 saturated heterocycles. The summed E-state index contributed by atoms with van der Waals surface area (Å²) in [4.78, 5) is 8.00. The van der Waals surface area contributed by atoms with Crippen molar-refractivity contribution in [2.24, 2.45) is 5.34 Å². The Hall–Kier alpha value is -1.39. The van der Waals surface area contributed by atoms with Crippen molar-refractivity contribution in [3.8, 4) is 0 Å². The van der Waals surface area contributed by atoms with E-state index in [9.17, 15) is 0 Å². The van der Waals surface area contributed by atoms with E-state index in [2.05, 4.69) is 69.2 Å². The van der Waals surface area contributed by atoms with Gasteiger partial charge >= 0.3 is 16.8 Å². The third-order valence-corrected chi connectivity index (χ3v) is 5.62. The van der Waals surface area contributed by atoms with E-state index in [4.69, 9.17) is 10.1 Å². The van der Waals surface area contributed by atoms with Gasteiger partial charge in [-0.05, 0) is 0 Å². The van der Waals surface area contributed by atoms with Gasteiger partial charge in [-0.3, -0.25) is 0 Å². The summed E-state index contributed by atoms with van der Waals surface area (Å²) in [7, 11) is 0. The summed E-state index contributed by atoms with van der Waals surface area (Å²) in [5.41, 5.74) is 14.7. The Bertz CT molecular complexity index is 462. The fraction of sp³-hybridized carbons (Fsp3) is 0.500. The molecule has 0 aliphatic heterocycles. The second-order valence-corrected chi connectivity index (χ2v) is 6.32. The van der Waals surface area contributed by atoms with Crippen molar-refractivity contribution in [2.75, 3.05) is 0 Å². The zero-order chi connectivity index (χ0) is 18.5. The minimum atomic E-state index is 0. The third-order valence-electron chi connectivity index (χ3n) is 5.62. The smallest absolute Gasteiger partial charge is 0.444 e. The van der Waals surface area contributed by atoms with Crippen molar-refractivity contribution in [1.29, 1.82) is 0 Å². The molecule has 0 saturated carbocycles. The summed E-state index contributed by atoms with van der Waals surface area (Å²) >= 11 is 0. The van der Waals surface area contributed by atoms with Crippen molar-refractivity contribution in [1.82, 2.24) is 0 Å². The van der Waals surface area contributed by atoms with Crippen LogP contribution < -0.4 is 0 Å². The Morgan fingerprint density at radius 1 is 0.625 bits per heavy atom. The summed E-state index contributed by atoms with van der Waals surface area (Å²) in [6.45, 7) is 22.0. The molecule has 2 aromatic rings. The molecule has 24 heavy (non-hydrogen) atoms. The average molecular weight is 375 g/mol. The Balaban J connectivity index is 0. The molecule has 0 heterocycles. The topological polar surface area (TPSA) is 52.5 Å². The first kappa shape index (κ1) is 24.9. The molecule has 0 aromatic heterocycles. The van der Waals surface area contributed by atoms with Gasteiger partial charge in [0.1, 0.15) is 0 Å². The van der Waals surface area contributed by atoms with E-state index in [1.807, 2.05) is 0 Å². The Morgan fingerprint density at radius 3 is 0.792 bits per heavy atom. The Kier molecular flexibility index (Phi) is 10.8. The van der Waals surface area contributed by atoms with Crippen LogP contribution in [0.3, 0.4) is 0 Å². The maximum atomic E-state index is 8.00. The first-order valence-electron chi connectivity index (χ1n) is 7.87. The summed E-state index contributed by atoms with van der Waals surface area (Å²) in [6, 6.07) is 0. The van der Waals surface area contributed by atoms with E-state index >= 15 is 0 Å². The number of hydrogen-bond acceptors (Lipinski definition) is 3. The van der Waals surface area contributed by atoms with Crippen LogP contribution in [0.25, 0.3) is 0 Å². The first-order chi connectivity index (χ1) is 10.5. The molecular formula is C20H30CoNO2. The Morgan fingerprint density at radius 2 is 0.750 bits per heavy atom. The van der Waals surface area contributed by atoms with Crippen molar-refractivity contribution >= 4 is 0 Å². The molecule has 0 N–H and O–H groups in total. The van der Waals surface area contributed by atoms with E-state index in [-0.39, 0.29) is 16.8 Å². The van der Waals surface area contributed by atoms with Gasteiger partial charge in [-0.1, -0.05) is 69.2 Å². The van der Waals surface area contributed by atoms with Crippen molar-refractivity contribution in [2.45, 2.75) is 69.2 Å². The van der Waals surface area contributed by atoms with Gasteiger partial charge in [0.2, 0.25) is 0 Å². The van der Waals surface area contributed by atoms with Gasteiger partial charge < -0.3 is 10.1 Å². The van der Waals surface area contributed by atoms with E-state index < -0.39 is 0 Å². The second-order valence-electron chi connectivity index (χ2n) is 6.32. The van der Waals surface area contributed by atoms with E-state index in [0.29, 0.717) is 0 Å². The van der Waals surface area contributed by atoms with Crippen LogP contribution in [0.1, 0.15) is 55.6 Å². The molecule has 0 aliphatic carbocycles. The third kappa shape index (κ3) is 5.31. The molecule has 0 fully saturated rings. The molecule has 0 radical (unpaired) electrons. The standard InChI is InChI=1S/2C10H15.Co.HNO2/c2*1-6-7(2)9(4)10(5)8(6)3;;2-1-3/h2*1-5H3;;(H,2,3)/q2*-1;+3;/p-1. The normalized spacial score (nSPS) is 9.25. The van der Waals surface area contributed by atoms with Crippen LogP contribution in [0.4, 0.5) is 0 Å². The number of nitrogens with zero attached hydrogens (tertiary/aromatic N) is 1. The fourth-order valence-electron chi connectivity index (χ4n) is 2.81. The van der Waals surface area contributed by atoms with Crippen molar-refractivity contribution in [3.63, 3.8) is 0 Å². The van der Waals surface area contributed by atoms with Crippen LogP contribution in [-0.4, -0.2) is 0 Å². The zero-order valence-electron chi connectivity index (χ0n) is 16.6. The van der Waals surface area contributed by atoms with Gasteiger partial charge in [0.05, 0.1) is 0 Å². The van der Waals surface area contributed by atoms with Crippen LogP contribution in [0.5, 0.6) is 0 Å². The molecule has 0 atom stereocenters. The Labute approximate surface area is 157 Å². The van der Waals surface area contributed by atoms with Gasteiger partial charge in [-0.25, -0.2) is 0 Å². The van der Waals surface area contributed by atoms with Gasteiger partial charge in [-0.15, -0.1) is 5.34 Å². The summed E-state index contributed by atoms with van der Waals surface area (Å²) in [6.07, 6.45) is 0. The van der Waals surface area contributed by atoms with Crippen LogP contribution in [0.15, 0.2) is 5.34 Å². The summed E-state index contributed by atoms with van der Waals surface area (Å²) < 4.78 is 0. The molecule has 3 nitrogen and oxygen atoms in total. The maximum absolute atomic E-state index is 8.00. The summed E-state index contributed by atoms with van der Waals surface area (Å²) in [5, 5.41) is 9.00. The number of rotatable bonds is 0. The monoisotopic (exact) mass is 375 g/mol. The first-order valence-corrected chi connectivity index (χ1v) is 7.87. The van der Waals surface area contributed by atoms with Gasteiger partial charge in [0.15, 0.2) is 0 Å². The summed E-state index contributed by atoms with van der Waals surface area (Å²) in [5.74, 6) is 0. The van der Waals surface area contributed by atoms with Crippen LogP contribution >= 0.6 is 0 Å². The second kappa shape index (κ2) is 10.5. The van der Waals surface area contributed by atoms with Crippen LogP contribution in [-0.2, 0) is 16.8 Å². The SMILES string of the molecule is Cc1c(C)c(C)[c-](C)c1C.Cc1c(C)c(C)[c-](C)c1C.O=N[O-].[Co+3]. The molecule has 2 rings (SSSR count). The predicted molar refractivity (Wildman–Crippen MR) is 101 cm³/mol. The van der Waals surface area contributed by atoms with Gasteiger partial charge in [0, 0.05) is 0 Å². The largest absolute Gasteiger partial charge is 3.00 e. The molecule has 4 heteroatoms. The quantitative estimate of drug-likeness (QED) is 0.315. The zero-order valence-corrected chi connectivity index (χ0v) is 17.6. The molecule has 0 spiro atoms. The van der Waals surface area contributed by atoms with Gasteiger partial charge in [0.25, 0.3) is 0 Å². The molecule has 0 amide bonds. The van der Waals surface area contributed by atoms with Crippen molar-refractivity contribution in [3.05, 3.63) is 65.7 Å². The van der Waals surface area contributed by atoms with Crippen molar-refractivity contribution < 1.29 is 16.8 Å². The molecule has 136 valence electrons. The average Bonchev–Trinajstić information content (AvgIpc) is 2.80. The molecule has 0 bridgehead atoms. The van der Waals surface area contributed by atoms with E-state index in [1.165, 1.54) is 55.6 Å². The minimum Gasteiger partial charge on any atom is -0.444 e. The molecule has 2 aromatic carbocycles. The van der Waals surface area contributed by atoms with Crippen LogP contribution in [0, 0.1) is 79.4 Å². The molecular weight excluding hydrogens is 345 g/mol. The van der Waals surface area contributed by atoms with Crippen LogP contribution in [0.2, 0.25) is 0 Å². The predicted octanol–water partition coefficient (Wildman–Crippen LogP) is 6.14. The minimum absolute atomic E-state index is 0. The molecule has 0 aliphatic rings. The fourth-order valence-corrected chi connectivity index (χ4v) is 2.81. The van der Waals surface area contributed by atoms with Gasteiger partial charge in [-0.2, -0.15) is 55.6 Å².